The third-order valence-electron chi connectivity index (χ3n) is 2.06. The zero-order chi connectivity index (χ0) is 13.7. The summed E-state index contributed by atoms with van der Waals surface area (Å²) in [6.07, 6.45) is 3.49. The van der Waals surface area contributed by atoms with Crippen LogP contribution >= 0.6 is 11.6 Å². The molecule has 0 spiro atoms. The highest BCUT2D eigenvalue weighted by atomic mass is 35.5. The summed E-state index contributed by atoms with van der Waals surface area (Å²) < 4.78 is 0. The van der Waals surface area contributed by atoms with Crippen molar-refractivity contribution in [3.05, 3.63) is 25.7 Å². The first kappa shape index (κ1) is 13.8. The van der Waals surface area contributed by atoms with Gasteiger partial charge in [0.05, 0.1) is 10.3 Å². The summed E-state index contributed by atoms with van der Waals surface area (Å²) in [5, 5.41) is 17.9. The van der Waals surface area contributed by atoms with Crippen molar-refractivity contribution in [2.45, 2.75) is 13.3 Å². The normalized spacial score (nSPS) is 13.4. The van der Waals surface area contributed by atoms with Crippen LogP contribution in [0.3, 0.4) is 0 Å². The van der Waals surface area contributed by atoms with Crippen LogP contribution in [0.1, 0.15) is 13.3 Å². The molecule has 18 heavy (non-hydrogen) atoms. The maximum absolute atomic E-state index is 11.0. The molecule has 96 valence electrons. The van der Waals surface area contributed by atoms with E-state index in [1.165, 1.54) is 6.20 Å². The molecule has 0 fully saturated rings. The van der Waals surface area contributed by atoms with Crippen molar-refractivity contribution in [2.75, 3.05) is 0 Å². The number of hydrogen-bond acceptors (Lipinski definition) is 6. The molecule has 0 atom stereocenters. The van der Waals surface area contributed by atoms with Crippen LogP contribution in [-0.4, -0.2) is 9.91 Å². The van der Waals surface area contributed by atoms with E-state index in [-0.39, 0.29) is 16.2 Å². The van der Waals surface area contributed by atoms with Gasteiger partial charge in [-0.15, -0.1) is 5.11 Å². The van der Waals surface area contributed by atoms with Gasteiger partial charge >= 0.3 is 5.69 Å². The van der Waals surface area contributed by atoms with Crippen molar-refractivity contribution in [2.24, 2.45) is 21.9 Å². The fourth-order valence-electron chi connectivity index (χ4n) is 1.38. The van der Waals surface area contributed by atoms with E-state index in [0.29, 0.717) is 11.6 Å². The van der Waals surface area contributed by atoms with E-state index in [9.17, 15) is 10.1 Å². The molecular formula is C9H11ClN6O2. The Labute approximate surface area is 107 Å². The number of aromatic nitrogens is 1. The number of rotatable bonds is 3. The van der Waals surface area contributed by atoms with Crippen LogP contribution < -0.4 is 22.1 Å². The Bertz CT molecular complexity index is 612. The third-order valence-corrected chi connectivity index (χ3v) is 2.44. The Morgan fingerprint density at radius 2 is 2.28 bits per heavy atom. The molecule has 0 saturated heterocycles. The number of nitrogens with two attached hydrogens (primary N) is 2. The molecule has 0 amide bonds. The summed E-state index contributed by atoms with van der Waals surface area (Å²) >= 11 is 5.98. The van der Waals surface area contributed by atoms with Crippen LogP contribution in [0.5, 0.6) is 0 Å². The van der Waals surface area contributed by atoms with Crippen LogP contribution in [-0.2, 0) is 0 Å². The molecule has 0 bridgehead atoms. The molecule has 9 heteroatoms. The molecule has 1 aromatic rings. The summed E-state index contributed by atoms with van der Waals surface area (Å²) in [7, 11) is 0. The summed E-state index contributed by atoms with van der Waals surface area (Å²) in [5.74, 6) is 4.59. The van der Waals surface area contributed by atoms with Gasteiger partial charge in [-0.3, -0.25) is 10.1 Å². The number of nitro groups is 1. The molecule has 0 saturated carbocycles. The van der Waals surface area contributed by atoms with Crippen molar-refractivity contribution in [3.63, 3.8) is 0 Å². The molecule has 4 N–H and O–H groups in total. The predicted molar refractivity (Wildman–Crippen MR) is 67.3 cm³/mol. The van der Waals surface area contributed by atoms with Crippen LogP contribution in [0.4, 0.5) is 11.5 Å². The second-order valence-corrected chi connectivity index (χ2v) is 3.53. The van der Waals surface area contributed by atoms with E-state index in [2.05, 4.69) is 15.3 Å². The van der Waals surface area contributed by atoms with Crippen LogP contribution in [0, 0.1) is 10.1 Å². The summed E-state index contributed by atoms with van der Waals surface area (Å²) in [4.78, 5) is 14.2. The SMILES string of the molecule is CC/C=c1/c(Cl)c([N+](=O)[O-])c(N=NN)n/c1=C/N. The van der Waals surface area contributed by atoms with Gasteiger partial charge in [0.25, 0.3) is 5.82 Å². The minimum Gasteiger partial charge on any atom is -0.403 e. The highest BCUT2D eigenvalue weighted by molar-refractivity contribution is 6.33. The summed E-state index contributed by atoms with van der Waals surface area (Å²) in [6.45, 7) is 1.86. The zero-order valence-corrected chi connectivity index (χ0v) is 10.3. The molecule has 1 heterocycles. The smallest absolute Gasteiger partial charge is 0.334 e. The maximum Gasteiger partial charge on any atom is 0.334 e. The van der Waals surface area contributed by atoms with Gasteiger partial charge in [0.1, 0.15) is 5.02 Å². The van der Waals surface area contributed by atoms with Crippen molar-refractivity contribution < 1.29 is 4.92 Å². The Morgan fingerprint density at radius 1 is 1.61 bits per heavy atom. The largest absolute Gasteiger partial charge is 0.403 e. The van der Waals surface area contributed by atoms with Gasteiger partial charge in [-0.2, -0.15) is 0 Å². The van der Waals surface area contributed by atoms with Crippen LogP contribution in [0.2, 0.25) is 5.02 Å². The molecule has 8 nitrogen and oxygen atoms in total. The zero-order valence-electron chi connectivity index (χ0n) is 9.50. The first-order valence-electron chi connectivity index (χ1n) is 4.93. The summed E-state index contributed by atoms with van der Waals surface area (Å²) in [6, 6.07) is 0. The van der Waals surface area contributed by atoms with E-state index < -0.39 is 10.6 Å². The minimum atomic E-state index is -0.688. The van der Waals surface area contributed by atoms with E-state index in [0.717, 1.165) is 0 Å². The first-order valence-corrected chi connectivity index (χ1v) is 5.31. The van der Waals surface area contributed by atoms with Crippen LogP contribution in [0.25, 0.3) is 12.3 Å². The number of nitrogens with zero attached hydrogens (tertiary/aromatic N) is 4. The van der Waals surface area contributed by atoms with E-state index in [1.807, 2.05) is 6.92 Å². The fourth-order valence-corrected chi connectivity index (χ4v) is 1.70. The predicted octanol–water partition coefficient (Wildman–Crippen LogP) is 0.488. The molecule has 0 aromatic carbocycles. The highest BCUT2D eigenvalue weighted by Crippen LogP contribution is 2.28. The second kappa shape index (κ2) is 5.92. The molecule has 1 rings (SSSR count). The number of hydrogen-bond donors (Lipinski definition) is 2. The number of halogens is 1. The Hall–Kier alpha value is -2.22. The average molecular weight is 271 g/mol. The second-order valence-electron chi connectivity index (χ2n) is 3.15. The quantitative estimate of drug-likeness (QED) is 0.357. The standard InChI is InChI=1S/C9H11ClN6O2/c1-2-3-5-6(4-11)13-9(14-15-12)8(7(5)10)16(17)18/h3-4H,2,11H2,1H3,(H2,12,13,14)/b5-3+,6-4+. The molecule has 0 unspecified atom stereocenters. The van der Waals surface area contributed by atoms with Gasteiger partial charge in [-0.1, -0.05) is 29.8 Å². The Kier molecular flexibility index (Phi) is 4.55. The van der Waals surface area contributed by atoms with Gasteiger partial charge in [-0.25, -0.2) is 4.98 Å². The molecule has 0 aliphatic carbocycles. The first-order chi connectivity index (χ1) is 8.56. The highest BCUT2D eigenvalue weighted by Gasteiger charge is 2.22. The third kappa shape index (κ3) is 2.54. The van der Waals surface area contributed by atoms with Gasteiger partial charge in [0.15, 0.2) is 0 Å². The van der Waals surface area contributed by atoms with Crippen molar-refractivity contribution in [1.82, 2.24) is 4.98 Å². The van der Waals surface area contributed by atoms with Crippen molar-refractivity contribution >= 4 is 35.4 Å². The fraction of sp³-hybridized carbons (Fsp3) is 0.222. The lowest BCUT2D eigenvalue weighted by Gasteiger charge is -2.00. The maximum atomic E-state index is 11.0. The van der Waals surface area contributed by atoms with Gasteiger partial charge < -0.3 is 11.6 Å². The van der Waals surface area contributed by atoms with E-state index in [1.54, 1.807) is 6.08 Å². The van der Waals surface area contributed by atoms with Crippen molar-refractivity contribution in [3.8, 4) is 0 Å². The lowest BCUT2D eigenvalue weighted by Crippen LogP contribution is -2.31. The molecule has 0 aliphatic rings. The summed E-state index contributed by atoms with van der Waals surface area (Å²) in [5.41, 5.74) is 4.95. The molecule has 1 aromatic heterocycles. The molecule has 0 radical (unpaired) electrons. The lowest BCUT2D eigenvalue weighted by atomic mass is 10.2. The van der Waals surface area contributed by atoms with Gasteiger partial charge in [0.2, 0.25) is 0 Å². The monoisotopic (exact) mass is 270 g/mol. The molecular weight excluding hydrogens is 260 g/mol. The van der Waals surface area contributed by atoms with Crippen LogP contribution in [0.15, 0.2) is 10.3 Å². The molecule has 0 aliphatic heterocycles. The topological polar surface area (TPSA) is 133 Å². The Balaban J connectivity index is 3.87. The number of pyridine rings is 1. The van der Waals surface area contributed by atoms with Gasteiger partial charge in [0, 0.05) is 11.4 Å². The van der Waals surface area contributed by atoms with E-state index in [4.69, 9.17) is 23.2 Å². The van der Waals surface area contributed by atoms with Gasteiger partial charge in [-0.05, 0) is 6.42 Å². The average Bonchev–Trinajstić information content (AvgIpc) is 2.32. The van der Waals surface area contributed by atoms with Crippen molar-refractivity contribution in [1.29, 1.82) is 0 Å². The Morgan fingerprint density at radius 3 is 2.72 bits per heavy atom. The lowest BCUT2D eigenvalue weighted by molar-refractivity contribution is -0.384. The van der Waals surface area contributed by atoms with E-state index >= 15 is 0 Å². The minimum absolute atomic E-state index is 0.0871.